The fraction of sp³-hybridized carbons (Fsp3) is 0.294. The van der Waals surface area contributed by atoms with Gasteiger partial charge in [-0.15, -0.1) is 11.3 Å². The number of thiocarbonyl (C=S) groups is 1. The highest BCUT2D eigenvalue weighted by Gasteiger charge is 2.20. The van der Waals surface area contributed by atoms with Gasteiger partial charge in [0.2, 0.25) is 0 Å². The van der Waals surface area contributed by atoms with Crippen LogP contribution in [0.4, 0.5) is 5.00 Å². The van der Waals surface area contributed by atoms with Crippen LogP contribution in [-0.4, -0.2) is 25.3 Å². The average Bonchev–Trinajstić information content (AvgIpc) is 2.86. The summed E-state index contributed by atoms with van der Waals surface area (Å²) < 4.78 is 10.2. The molecule has 2 aromatic rings. The monoisotopic (exact) mass is 364 g/mol. The van der Waals surface area contributed by atoms with E-state index < -0.39 is 0 Å². The maximum atomic E-state index is 12.0. The zero-order valence-corrected chi connectivity index (χ0v) is 15.7. The molecule has 0 aliphatic rings. The minimum Gasteiger partial charge on any atom is -0.496 e. The molecule has 1 aromatic carbocycles. The van der Waals surface area contributed by atoms with Crippen LogP contribution in [0.15, 0.2) is 24.3 Å². The molecule has 0 spiro atoms. The molecule has 1 heterocycles. The molecule has 2 rings (SSSR count). The van der Waals surface area contributed by atoms with Crippen molar-refractivity contribution in [2.45, 2.75) is 20.4 Å². The Balaban J connectivity index is 2.08. The molecule has 0 unspecified atom stereocenters. The largest absolute Gasteiger partial charge is 0.496 e. The van der Waals surface area contributed by atoms with E-state index in [0.717, 1.165) is 21.8 Å². The molecule has 0 radical (unpaired) electrons. The topological polar surface area (TPSA) is 59.6 Å². The number of rotatable bonds is 5. The van der Waals surface area contributed by atoms with Crippen molar-refractivity contribution in [3.05, 3.63) is 45.8 Å². The van der Waals surface area contributed by atoms with Gasteiger partial charge in [-0.1, -0.05) is 18.2 Å². The van der Waals surface area contributed by atoms with Gasteiger partial charge >= 0.3 is 5.97 Å². The van der Waals surface area contributed by atoms with Crippen LogP contribution < -0.4 is 15.4 Å². The Morgan fingerprint density at radius 3 is 2.62 bits per heavy atom. The van der Waals surface area contributed by atoms with Gasteiger partial charge < -0.3 is 20.1 Å². The summed E-state index contributed by atoms with van der Waals surface area (Å²) in [6.45, 7) is 4.38. The minimum atomic E-state index is -0.369. The van der Waals surface area contributed by atoms with Crippen molar-refractivity contribution in [1.29, 1.82) is 0 Å². The van der Waals surface area contributed by atoms with Crippen molar-refractivity contribution < 1.29 is 14.3 Å². The van der Waals surface area contributed by atoms with Crippen LogP contribution >= 0.6 is 23.6 Å². The molecular weight excluding hydrogens is 344 g/mol. The molecule has 0 aliphatic carbocycles. The number of nitrogens with one attached hydrogen (secondary N) is 2. The summed E-state index contributed by atoms with van der Waals surface area (Å²) in [5.74, 6) is 0.428. The van der Waals surface area contributed by atoms with E-state index >= 15 is 0 Å². The highest BCUT2D eigenvalue weighted by Crippen LogP contribution is 2.32. The molecule has 0 aliphatic heterocycles. The number of ether oxygens (including phenoxy) is 2. The first-order valence-corrected chi connectivity index (χ1v) is 8.55. The molecule has 128 valence electrons. The molecule has 0 bridgehead atoms. The zero-order valence-electron chi connectivity index (χ0n) is 14.1. The Hall–Kier alpha value is -2.12. The normalized spacial score (nSPS) is 10.2. The number of methoxy groups -OCH3 is 2. The highest BCUT2D eigenvalue weighted by molar-refractivity contribution is 7.80. The number of hydrogen-bond acceptors (Lipinski definition) is 5. The Morgan fingerprint density at radius 1 is 1.25 bits per heavy atom. The van der Waals surface area contributed by atoms with Crippen LogP contribution in [0.2, 0.25) is 0 Å². The maximum Gasteiger partial charge on any atom is 0.341 e. The van der Waals surface area contributed by atoms with Gasteiger partial charge in [-0.3, -0.25) is 0 Å². The molecule has 2 N–H and O–H groups in total. The summed E-state index contributed by atoms with van der Waals surface area (Å²) in [5, 5.41) is 7.35. The van der Waals surface area contributed by atoms with E-state index in [4.69, 9.17) is 21.7 Å². The second kappa shape index (κ2) is 8.12. The third-order valence-corrected chi connectivity index (χ3v) is 5.00. The fourth-order valence-electron chi connectivity index (χ4n) is 2.23. The molecule has 0 amide bonds. The lowest BCUT2D eigenvalue weighted by Gasteiger charge is -2.12. The second-order valence-electron chi connectivity index (χ2n) is 5.10. The van der Waals surface area contributed by atoms with Crippen LogP contribution in [0.1, 0.15) is 26.4 Å². The first-order chi connectivity index (χ1) is 11.5. The first kappa shape index (κ1) is 18.2. The van der Waals surface area contributed by atoms with E-state index in [0.29, 0.717) is 22.2 Å². The smallest absolute Gasteiger partial charge is 0.341 e. The van der Waals surface area contributed by atoms with Crippen molar-refractivity contribution in [3.8, 4) is 5.75 Å². The highest BCUT2D eigenvalue weighted by atomic mass is 32.1. The molecule has 0 fully saturated rings. The van der Waals surface area contributed by atoms with Crippen LogP contribution in [0, 0.1) is 13.8 Å². The number of aryl methyl sites for hydroxylation is 1. The van der Waals surface area contributed by atoms with Crippen LogP contribution in [-0.2, 0) is 11.3 Å². The predicted octanol–water partition coefficient (Wildman–Crippen LogP) is 3.65. The van der Waals surface area contributed by atoms with Gasteiger partial charge in [0.05, 0.1) is 19.8 Å². The van der Waals surface area contributed by atoms with Gasteiger partial charge in [0.15, 0.2) is 5.11 Å². The minimum absolute atomic E-state index is 0.369. The molecule has 5 nitrogen and oxygen atoms in total. The molecule has 1 aromatic heterocycles. The average molecular weight is 364 g/mol. The molecular formula is C17H20N2O3S2. The Morgan fingerprint density at radius 2 is 1.96 bits per heavy atom. The molecule has 7 heteroatoms. The Bertz CT molecular complexity index is 756. The Kier molecular flexibility index (Phi) is 6.16. The predicted molar refractivity (Wildman–Crippen MR) is 101 cm³/mol. The van der Waals surface area contributed by atoms with Crippen molar-refractivity contribution >= 4 is 39.6 Å². The number of carbonyl (C=O) groups excluding carboxylic acids is 1. The number of benzene rings is 1. The fourth-order valence-corrected chi connectivity index (χ4v) is 3.53. The summed E-state index contributed by atoms with van der Waals surface area (Å²) in [6.07, 6.45) is 0. The van der Waals surface area contributed by atoms with E-state index in [-0.39, 0.29) is 5.97 Å². The van der Waals surface area contributed by atoms with Gasteiger partial charge in [0.25, 0.3) is 0 Å². The third-order valence-electron chi connectivity index (χ3n) is 3.63. The number of thiophene rings is 1. The van der Waals surface area contributed by atoms with Crippen LogP contribution in [0.25, 0.3) is 0 Å². The quantitative estimate of drug-likeness (QED) is 0.624. The third kappa shape index (κ3) is 4.04. The van der Waals surface area contributed by atoms with Crippen LogP contribution in [0.3, 0.4) is 0 Å². The second-order valence-corrected chi connectivity index (χ2v) is 6.73. The zero-order chi connectivity index (χ0) is 17.7. The SMILES string of the molecule is COC(=O)c1c(NC(=S)NCc2ccccc2OC)sc(C)c1C. The van der Waals surface area contributed by atoms with Gasteiger partial charge in [-0.25, -0.2) is 4.79 Å². The van der Waals surface area contributed by atoms with Gasteiger partial charge in [0, 0.05) is 17.0 Å². The summed E-state index contributed by atoms with van der Waals surface area (Å²) in [5.41, 5.74) is 2.43. The van der Waals surface area contributed by atoms with E-state index in [1.807, 2.05) is 38.1 Å². The van der Waals surface area contributed by atoms with Gasteiger partial charge in [-0.2, -0.15) is 0 Å². The summed E-state index contributed by atoms with van der Waals surface area (Å²) in [6, 6.07) is 7.72. The number of para-hydroxylation sites is 1. The van der Waals surface area contributed by atoms with Gasteiger partial charge in [-0.05, 0) is 37.7 Å². The number of carbonyl (C=O) groups is 1. The van der Waals surface area contributed by atoms with Crippen LogP contribution in [0.5, 0.6) is 5.75 Å². The van der Waals surface area contributed by atoms with Crippen molar-refractivity contribution in [2.75, 3.05) is 19.5 Å². The van der Waals surface area contributed by atoms with E-state index in [9.17, 15) is 4.79 Å². The lowest BCUT2D eigenvalue weighted by molar-refractivity contribution is 0.0601. The summed E-state index contributed by atoms with van der Waals surface area (Å²) in [4.78, 5) is 13.0. The maximum absolute atomic E-state index is 12.0. The number of anilines is 1. The van der Waals surface area contributed by atoms with Crippen molar-refractivity contribution in [3.63, 3.8) is 0 Å². The first-order valence-electron chi connectivity index (χ1n) is 7.33. The molecule has 0 saturated carbocycles. The molecule has 0 atom stereocenters. The lowest BCUT2D eigenvalue weighted by Crippen LogP contribution is -2.28. The molecule has 0 saturated heterocycles. The van der Waals surface area contributed by atoms with Crippen molar-refractivity contribution in [2.24, 2.45) is 0 Å². The standard InChI is InChI=1S/C17H20N2O3S2/c1-10-11(2)24-15(14(10)16(20)22-4)19-17(23)18-9-12-7-5-6-8-13(12)21-3/h5-8H,9H2,1-4H3,(H2,18,19,23). The van der Waals surface area contributed by atoms with E-state index in [1.165, 1.54) is 18.4 Å². The number of esters is 1. The summed E-state index contributed by atoms with van der Waals surface area (Å²) >= 11 is 6.82. The summed E-state index contributed by atoms with van der Waals surface area (Å²) in [7, 11) is 3.01. The lowest BCUT2D eigenvalue weighted by atomic mass is 10.1. The van der Waals surface area contributed by atoms with E-state index in [2.05, 4.69) is 10.6 Å². The van der Waals surface area contributed by atoms with Gasteiger partial charge in [0.1, 0.15) is 10.8 Å². The van der Waals surface area contributed by atoms with E-state index in [1.54, 1.807) is 7.11 Å². The van der Waals surface area contributed by atoms with Crippen molar-refractivity contribution in [1.82, 2.24) is 5.32 Å². The molecule has 24 heavy (non-hydrogen) atoms. The number of hydrogen-bond donors (Lipinski definition) is 2. The Labute approximate surface area is 151 Å².